The summed E-state index contributed by atoms with van der Waals surface area (Å²) in [6, 6.07) is 10.6. The number of rotatable bonds is 9. The van der Waals surface area contributed by atoms with Crippen LogP contribution in [0, 0.1) is 16.0 Å². The van der Waals surface area contributed by atoms with Crippen molar-refractivity contribution in [2.75, 3.05) is 16.8 Å². The molecule has 0 saturated carbocycles. The van der Waals surface area contributed by atoms with E-state index in [0.29, 0.717) is 23.4 Å². The average molecular weight is 469 g/mol. The normalized spacial score (nSPS) is 19.2. The van der Waals surface area contributed by atoms with Gasteiger partial charge in [-0.2, -0.15) is 0 Å². The Hall–Kier alpha value is -3.60. The van der Waals surface area contributed by atoms with Crippen molar-refractivity contribution in [1.82, 2.24) is 0 Å². The molecule has 180 valence electrons. The number of aliphatic hydroxyl groups excluding tert-OH is 2. The van der Waals surface area contributed by atoms with Gasteiger partial charge in [0.15, 0.2) is 5.60 Å². The van der Waals surface area contributed by atoms with Gasteiger partial charge in [-0.25, -0.2) is 0 Å². The molecule has 10 heteroatoms. The number of nitrogens with zero attached hydrogens (tertiary/aromatic N) is 2. The lowest BCUT2D eigenvalue weighted by molar-refractivity contribution is -0.385. The number of nitro groups is 1. The summed E-state index contributed by atoms with van der Waals surface area (Å²) >= 11 is 0. The lowest BCUT2D eigenvalue weighted by Gasteiger charge is -2.27. The molecule has 1 aliphatic rings. The first kappa shape index (κ1) is 25.0. The van der Waals surface area contributed by atoms with E-state index in [9.17, 15) is 29.9 Å². The van der Waals surface area contributed by atoms with E-state index in [4.69, 9.17) is 5.11 Å². The molecule has 4 N–H and O–H groups in total. The van der Waals surface area contributed by atoms with E-state index in [1.807, 2.05) is 0 Å². The smallest absolute Gasteiger partial charge is 0.269 e. The number of hydrogen-bond donors (Lipinski definition) is 4. The summed E-state index contributed by atoms with van der Waals surface area (Å²) in [6.07, 6.45) is 2.45. The van der Waals surface area contributed by atoms with Gasteiger partial charge in [-0.3, -0.25) is 19.7 Å². The molecule has 2 aromatic carbocycles. The molecule has 10 nitrogen and oxygen atoms in total. The van der Waals surface area contributed by atoms with Crippen molar-refractivity contribution in [3.8, 4) is 0 Å². The molecule has 0 aliphatic carbocycles. The number of fused-ring (bicyclic) bond motifs is 1. The first-order valence-corrected chi connectivity index (χ1v) is 10.8. The first-order chi connectivity index (χ1) is 16.1. The van der Waals surface area contributed by atoms with Crippen LogP contribution in [0.5, 0.6) is 0 Å². The van der Waals surface area contributed by atoms with Gasteiger partial charge in [0.25, 0.3) is 17.5 Å². The Morgan fingerprint density at radius 3 is 2.50 bits per heavy atom. The van der Waals surface area contributed by atoms with Gasteiger partial charge in [0, 0.05) is 35.9 Å². The van der Waals surface area contributed by atoms with Crippen LogP contribution in [0.3, 0.4) is 0 Å². The molecule has 0 fully saturated rings. The van der Waals surface area contributed by atoms with Crippen LogP contribution in [0.25, 0.3) is 0 Å². The lowest BCUT2D eigenvalue weighted by atomic mass is 9.82. The van der Waals surface area contributed by atoms with Crippen molar-refractivity contribution >= 4 is 28.9 Å². The third-order valence-electron chi connectivity index (χ3n) is 5.78. The van der Waals surface area contributed by atoms with Gasteiger partial charge >= 0.3 is 0 Å². The van der Waals surface area contributed by atoms with Crippen molar-refractivity contribution in [3.05, 3.63) is 75.9 Å². The van der Waals surface area contributed by atoms with Crippen LogP contribution in [0.15, 0.2) is 54.6 Å². The van der Waals surface area contributed by atoms with E-state index >= 15 is 0 Å². The van der Waals surface area contributed by atoms with Crippen molar-refractivity contribution in [1.29, 1.82) is 0 Å². The molecule has 0 spiro atoms. The van der Waals surface area contributed by atoms with E-state index in [0.717, 1.165) is 0 Å². The number of carbonyl (C=O) groups is 2. The van der Waals surface area contributed by atoms with Crippen molar-refractivity contribution in [2.45, 2.75) is 38.5 Å². The molecular weight excluding hydrogens is 442 g/mol. The quantitative estimate of drug-likeness (QED) is 0.249. The third-order valence-corrected chi connectivity index (χ3v) is 5.78. The molecule has 2 aromatic rings. The zero-order chi connectivity index (χ0) is 25.0. The highest BCUT2D eigenvalue weighted by molar-refractivity contribution is 6.07. The molecular formula is C24H27N3O7. The molecule has 2 amide bonds. The molecule has 0 unspecified atom stereocenters. The lowest BCUT2D eigenvalue weighted by Crippen LogP contribution is -2.44. The standard InChI is InChI=1S/C24H27N3O7/c1-15(5-3-4-12-28)24(32)20-13-19(27(33)34)10-11-21(20)26(23(24)31)14-17-6-8-18(9-7-17)25-22(30)16(2)29/h3,5-11,13,15-16,28-29,32H,4,12,14H2,1-2H3,(H,25,30)/b5-3+/t15-,16+,24+/m1/s1. The number of nitrogens with one attached hydrogen (secondary N) is 1. The molecule has 0 aromatic heterocycles. The average Bonchev–Trinajstić information content (AvgIpc) is 3.02. The van der Waals surface area contributed by atoms with Crippen molar-refractivity contribution in [3.63, 3.8) is 0 Å². The highest BCUT2D eigenvalue weighted by Crippen LogP contribution is 2.47. The summed E-state index contributed by atoms with van der Waals surface area (Å²) in [5.41, 5.74) is -0.575. The Kier molecular flexibility index (Phi) is 7.45. The predicted octanol–water partition coefficient (Wildman–Crippen LogP) is 2.22. The van der Waals surface area contributed by atoms with Gasteiger partial charge in [0.1, 0.15) is 6.10 Å². The number of non-ortho nitro benzene ring substituents is 1. The summed E-state index contributed by atoms with van der Waals surface area (Å²) in [5.74, 6) is -1.88. The van der Waals surface area contributed by atoms with Gasteiger partial charge in [-0.05, 0) is 37.1 Å². The largest absolute Gasteiger partial charge is 0.396 e. The highest BCUT2D eigenvalue weighted by atomic mass is 16.6. The highest BCUT2D eigenvalue weighted by Gasteiger charge is 2.53. The number of amides is 2. The number of aliphatic hydroxyl groups is 3. The zero-order valence-corrected chi connectivity index (χ0v) is 18.8. The Bertz CT molecular complexity index is 1110. The maximum Gasteiger partial charge on any atom is 0.269 e. The number of benzene rings is 2. The number of anilines is 2. The van der Waals surface area contributed by atoms with Crippen molar-refractivity contribution in [2.24, 2.45) is 5.92 Å². The van der Waals surface area contributed by atoms with Gasteiger partial charge in [0.05, 0.1) is 17.2 Å². The Labute approximate surface area is 196 Å². The summed E-state index contributed by atoms with van der Waals surface area (Å²) in [7, 11) is 0. The number of hydrogen-bond acceptors (Lipinski definition) is 7. The minimum atomic E-state index is -2.02. The maximum atomic E-state index is 13.5. The summed E-state index contributed by atoms with van der Waals surface area (Å²) < 4.78 is 0. The summed E-state index contributed by atoms with van der Waals surface area (Å²) in [5, 5.41) is 43.8. The van der Waals surface area contributed by atoms with Crippen LogP contribution in [-0.4, -0.2) is 44.8 Å². The second-order valence-electron chi connectivity index (χ2n) is 8.21. The van der Waals surface area contributed by atoms with Gasteiger partial charge in [-0.15, -0.1) is 0 Å². The molecule has 34 heavy (non-hydrogen) atoms. The Morgan fingerprint density at radius 1 is 1.24 bits per heavy atom. The molecule has 0 saturated heterocycles. The minimum Gasteiger partial charge on any atom is -0.396 e. The topological polar surface area (TPSA) is 153 Å². The van der Waals surface area contributed by atoms with Crippen LogP contribution in [0.4, 0.5) is 17.1 Å². The Balaban J connectivity index is 1.94. The SMILES string of the molecule is C[C@H](O)C(=O)Nc1ccc(CN2C(=O)[C@](O)([C@H](C)/C=C/CCO)c3cc([N+](=O)[O-])ccc32)cc1. The fraction of sp³-hybridized carbons (Fsp3) is 0.333. The molecule has 1 aliphatic heterocycles. The minimum absolute atomic E-state index is 0.0859. The number of carbonyl (C=O) groups excluding carboxylic acids is 2. The second-order valence-corrected chi connectivity index (χ2v) is 8.21. The molecule has 3 rings (SSSR count). The van der Waals surface area contributed by atoms with Crippen LogP contribution in [0.2, 0.25) is 0 Å². The summed E-state index contributed by atoms with van der Waals surface area (Å²) in [4.78, 5) is 37.2. The molecule has 1 heterocycles. The van der Waals surface area contributed by atoms with Gasteiger partial charge < -0.3 is 25.5 Å². The predicted molar refractivity (Wildman–Crippen MR) is 125 cm³/mol. The zero-order valence-electron chi connectivity index (χ0n) is 18.8. The van der Waals surface area contributed by atoms with Crippen LogP contribution in [-0.2, 0) is 21.7 Å². The monoisotopic (exact) mass is 469 g/mol. The van der Waals surface area contributed by atoms with Crippen LogP contribution in [0.1, 0.15) is 31.4 Å². The van der Waals surface area contributed by atoms with E-state index in [-0.39, 0.29) is 24.4 Å². The van der Waals surface area contributed by atoms with E-state index in [1.165, 1.54) is 30.0 Å². The Morgan fingerprint density at radius 2 is 1.91 bits per heavy atom. The van der Waals surface area contributed by atoms with E-state index < -0.39 is 34.4 Å². The molecule has 0 radical (unpaired) electrons. The number of nitro benzene ring substituents is 1. The van der Waals surface area contributed by atoms with E-state index in [2.05, 4.69) is 5.32 Å². The van der Waals surface area contributed by atoms with Crippen LogP contribution >= 0.6 is 0 Å². The maximum absolute atomic E-state index is 13.5. The molecule has 3 atom stereocenters. The first-order valence-electron chi connectivity index (χ1n) is 10.8. The van der Waals surface area contributed by atoms with E-state index in [1.54, 1.807) is 43.3 Å². The van der Waals surface area contributed by atoms with Crippen molar-refractivity contribution < 1.29 is 29.8 Å². The second kappa shape index (κ2) is 10.1. The van der Waals surface area contributed by atoms with Gasteiger partial charge in [0.2, 0.25) is 0 Å². The molecule has 0 bridgehead atoms. The third kappa shape index (κ3) is 4.84. The fourth-order valence-corrected chi connectivity index (χ4v) is 3.84. The van der Waals surface area contributed by atoms with Crippen LogP contribution < -0.4 is 10.2 Å². The van der Waals surface area contributed by atoms with Gasteiger partial charge in [-0.1, -0.05) is 31.2 Å². The fourth-order valence-electron chi connectivity index (χ4n) is 3.84. The summed E-state index contributed by atoms with van der Waals surface area (Å²) in [6.45, 7) is 2.99.